The zero-order valence-electron chi connectivity index (χ0n) is 84.5. The number of aromatic nitrogens is 2. The Bertz CT molecular complexity index is 5170. The summed E-state index contributed by atoms with van der Waals surface area (Å²) in [6.07, 6.45) is -3.38. The molecule has 23 amide bonds. The van der Waals surface area contributed by atoms with E-state index in [-0.39, 0.29) is 68.1 Å². The van der Waals surface area contributed by atoms with E-state index in [0.717, 1.165) is 32.6 Å². The van der Waals surface area contributed by atoms with Crippen LogP contribution in [0.15, 0.2) is 67.1 Å². The number of carboxylic acids is 1. The van der Waals surface area contributed by atoms with E-state index >= 15 is 0 Å². The van der Waals surface area contributed by atoms with Crippen LogP contribution >= 0.6 is 0 Å². The maximum absolute atomic E-state index is 14.6. The van der Waals surface area contributed by atoms with Gasteiger partial charge in [-0.05, 0) is 114 Å². The summed E-state index contributed by atoms with van der Waals surface area (Å²) in [7, 11) is 0. The van der Waals surface area contributed by atoms with Crippen LogP contribution in [0.4, 0.5) is 0 Å². The molecule has 0 unspecified atom stereocenters. The second-order valence-electron chi connectivity index (χ2n) is 36.8. The summed E-state index contributed by atoms with van der Waals surface area (Å²) in [5.74, 6) is -28.9. The molecular weight excluding hydrogens is 1980 g/mol. The number of hydrogen-bond acceptors (Lipinski definition) is 33. The Balaban J connectivity index is 1.39. The molecule has 4 rings (SSSR count). The molecule has 1 aliphatic heterocycles. The molecule has 37 N–H and O–H groups in total. The summed E-state index contributed by atoms with van der Waals surface area (Å²) >= 11 is 0. The van der Waals surface area contributed by atoms with Gasteiger partial charge in [-0.2, -0.15) is 0 Å². The van der Waals surface area contributed by atoms with Gasteiger partial charge in [-0.1, -0.05) is 84.0 Å². The quantitative estimate of drug-likeness (QED) is 0.0233. The molecule has 58 heteroatoms. The van der Waals surface area contributed by atoms with Gasteiger partial charge in [0.1, 0.15) is 108 Å². The lowest BCUT2D eigenvalue weighted by Crippen LogP contribution is -2.63. The molecule has 830 valence electrons. The van der Waals surface area contributed by atoms with Crippen LogP contribution in [0.1, 0.15) is 144 Å². The molecule has 150 heavy (non-hydrogen) atoms. The minimum atomic E-state index is -1.99. The number of nitrogens with zero attached hydrogens (tertiary/aromatic N) is 2. The molecule has 1 aromatic heterocycles. The molecule has 1 aliphatic rings. The van der Waals surface area contributed by atoms with E-state index in [1.54, 1.807) is 44.2 Å². The van der Waals surface area contributed by atoms with Crippen LogP contribution in [0.2, 0.25) is 0 Å². The number of nitrogens with two attached hydrogens (primary N) is 5. The lowest BCUT2D eigenvalue weighted by Gasteiger charge is -2.29. The van der Waals surface area contributed by atoms with Gasteiger partial charge in [0.2, 0.25) is 136 Å². The normalized spacial score (nSPS) is 16.0. The van der Waals surface area contributed by atoms with Crippen molar-refractivity contribution in [3.05, 3.63) is 83.9 Å². The van der Waals surface area contributed by atoms with Crippen LogP contribution < -0.4 is 130 Å². The smallest absolute Gasteiger partial charge is 0.326 e. The van der Waals surface area contributed by atoms with Crippen molar-refractivity contribution >= 4 is 142 Å². The molecule has 0 saturated carbocycles. The number of aromatic hydroxyl groups is 1. The fourth-order valence-electron chi connectivity index (χ4n) is 14.8. The van der Waals surface area contributed by atoms with Crippen molar-refractivity contribution < 1.29 is 151 Å². The van der Waals surface area contributed by atoms with Crippen LogP contribution in [0.3, 0.4) is 0 Å². The fourth-order valence-corrected chi connectivity index (χ4v) is 14.8. The van der Waals surface area contributed by atoms with Crippen LogP contribution in [0, 0.1) is 17.8 Å². The van der Waals surface area contributed by atoms with Gasteiger partial charge in [-0.3, -0.25) is 110 Å². The number of hydrogen-bond donors (Lipinski definition) is 32. The van der Waals surface area contributed by atoms with Gasteiger partial charge >= 0.3 is 5.97 Å². The number of imidazole rings is 1. The summed E-state index contributed by atoms with van der Waals surface area (Å²) in [4.78, 5) is 331. The zero-order chi connectivity index (χ0) is 113. The lowest BCUT2D eigenvalue weighted by molar-refractivity contribution is -0.143. The van der Waals surface area contributed by atoms with Crippen molar-refractivity contribution in [1.82, 2.24) is 116 Å². The molecule has 0 radical (unpaired) electrons. The second-order valence-corrected chi connectivity index (χ2v) is 36.8. The summed E-state index contributed by atoms with van der Waals surface area (Å²) < 4.78 is 0. The Morgan fingerprint density at radius 2 is 0.807 bits per heavy atom. The maximum atomic E-state index is 14.6. The molecular formula is C92H141N27O31. The number of carbonyl (C=O) groups excluding carboxylic acids is 23. The van der Waals surface area contributed by atoms with Gasteiger partial charge in [0.05, 0.1) is 83.3 Å². The van der Waals surface area contributed by atoms with Crippen LogP contribution in [0.5, 0.6) is 5.75 Å². The SMILES string of the molecule is CC(C)C[C@H](NC(=O)[C@H](Cc1ccccc1)NC(=O)[C@@H](N)CC(N)=O)C(=O)N[C@H](C(=O)N[C@@H](CO)C(=O)N[C@@H](Cc1cnc[nH]1)C(=O)N[C@@H](Cc1ccc(O)cc1)C(=O)N[C@@H](CO)C(=O)N[C@@H](C)C(=O)N[C@@H](C)C(=O)N[C@@H](CC(N)=O)C(=O)N[C@@H](CO)C(=O)N[C@H](C(=O)N[C@H](C(=O)NCC(=O)NCC(=O)N[C@H](C(=O)N[C@@H](CC(N)=O)C(=O)N1CCC[C@H]1C(=O)NCC(=O)N[C@@H](CCCCN)C(=O)O)[C@@H](C)O)C(C)C)C(C)C)[C@@H](C)O. The third kappa shape index (κ3) is 43.5. The predicted octanol–water partition coefficient (Wildman–Crippen LogP) is -14.5. The van der Waals surface area contributed by atoms with E-state index in [1.165, 1.54) is 64.5 Å². The van der Waals surface area contributed by atoms with Crippen LogP contribution in [-0.4, -0.2) is 366 Å². The van der Waals surface area contributed by atoms with Crippen molar-refractivity contribution in [3.8, 4) is 5.75 Å². The molecule has 20 atom stereocenters. The number of likely N-dealkylation sites (tertiary alicyclic amines) is 1. The topological polar surface area (TPSA) is 942 Å². The number of aliphatic carboxylic acids is 1. The minimum Gasteiger partial charge on any atom is -0.508 e. The summed E-state index contributed by atoms with van der Waals surface area (Å²) in [6.45, 7) is 7.67. The first-order valence-electron chi connectivity index (χ1n) is 48.0. The first-order chi connectivity index (χ1) is 70.5. The Morgan fingerprint density at radius 3 is 1.31 bits per heavy atom. The number of H-pyrrole nitrogens is 1. The number of aliphatic hydroxyl groups excluding tert-OH is 5. The first-order valence-corrected chi connectivity index (χ1v) is 48.0. The number of phenolic OH excluding ortho intramolecular Hbond substituents is 1. The highest BCUT2D eigenvalue weighted by Gasteiger charge is 2.44. The molecule has 2 heterocycles. The third-order valence-electron chi connectivity index (χ3n) is 23.0. The van der Waals surface area contributed by atoms with Crippen LogP contribution in [-0.2, 0) is 134 Å². The van der Waals surface area contributed by atoms with Crippen molar-refractivity contribution in [2.75, 3.05) is 52.5 Å². The maximum Gasteiger partial charge on any atom is 0.326 e. The molecule has 58 nitrogen and oxygen atoms in total. The Kier molecular flexibility index (Phi) is 53.4. The molecule has 3 aromatic rings. The number of carboxylic acid groups (broad SMARTS) is 1. The van der Waals surface area contributed by atoms with Gasteiger partial charge in [0.25, 0.3) is 0 Å². The molecule has 0 bridgehead atoms. The monoisotopic (exact) mass is 2120 g/mol. The average Bonchev–Trinajstić information content (AvgIpc) is 1.68. The van der Waals surface area contributed by atoms with E-state index in [4.69, 9.17) is 28.7 Å². The van der Waals surface area contributed by atoms with Gasteiger partial charge < -0.3 is 175 Å². The van der Waals surface area contributed by atoms with E-state index in [1.807, 2.05) is 0 Å². The summed E-state index contributed by atoms with van der Waals surface area (Å²) in [5.41, 5.74) is 28.4. The van der Waals surface area contributed by atoms with Crippen molar-refractivity contribution in [1.29, 1.82) is 0 Å². The van der Waals surface area contributed by atoms with Crippen molar-refractivity contribution in [2.45, 2.75) is 267 Å². The molecule has 1 fully saturated rings. The summed E-state index contributed by atoms with van der Waals surface area (Å²) in [5, 5.41) is 117. The predicted molar refractivity (Wildman–Crippen MR) is 524 cm³/mol. The van der Waals surface area contributed by atoms with E-state index in [9.17, 15) is 151 Å². The highest BCUT2D eigenvalue weighted by atomic mass is 16.4. The van der Waals surface area contributed by atoms with E-state index in [2.05, 4.69) is 111 Å². The number of phenols is 1. The number of benzene rings is 2. The van der Waals surface area contributed by atoms with Gasteiger partial charge in [-0.15, -0.1) is 0 Å². The Labute approximate surface area is 860 Å². The van der Waals surface area contributed by atoms with Crippen molar-refractivity contribution in [3.63, 3.8) is 0 Å². The number of amides is 23. The minimum absolute atomic E-state index is 0.0558. The van der Waals surface area contributed by atoms with E-state index in [0.29, 0.717) is 18.4 Å². The first kappa shape index (κ1) is 127. The second kappa shape index (κ2) is 63.2. The average molecular weight is 2120 g/mol. The number of unbranched alkanes of at least 4 members (excludes halogenated alkanes) is 1. The van der Waals surface area contributed by atoms with E-state index < -0.39 is 346 Å². The molecule has 1 saturated heterocycles. The highest BCUT2D eigenvalue weighted by molar-refractivity contribution is 6.03. The number of aliphatic hydroxyl groups is 5. The standard InChI is InChI=1S/C92H141N27O31/c1-42(2)27-55(108-78(135)56(28-49-17-12-11-13-18-49)107-77(134)53(94)31-65(95)126)82(139)118-74(48(10)124)90(147)114-62(39-121)84(141)110-58(30-51-34-98-41-102-51)80(137)109-57(29-50-21-23-52(125)24-22-50)79(136)112-61(38-120)83(140)104-45(7)75(132)103-46(8)76(133)106-59(32-66(96)127)81(138)113-63(40-122)85(142)116-72(44(5)6)88(145)117-71(43(3)4)87(144)101-35-68(129)99-36-70(131)115-73(47(9)123)89(146)111-60(33-67(97)128)91(148)119-26-16-20-64(119)86(143)100-37-69(130)105-54(92(149)150)19-14-15-25-93/h11-13,17-18,21-24,34,41-48,53-64,71-74,120-125H,14-16,19-20,25-33,35-40,93-94H2,1-10H3,(H2,95,126)(H2,96,127)(H2,97,128)(H,98,102)(H,99,129)(H,100,143)(H,101,144)(H,103,132)(H,104,140)(H,105,130)(H,106,133)(H,107,134)(H,108,135)(H,109,137)(H,110,141)(H,111,146)(H,112,136)(H,113,138)(H,114,147)(H,115,131)(H,116,142)(H,117,145)(H,118,139)(H,149,150)/t45-,46-,47+,48+,53-,54-,55-,56-,57-,58-,59-,60-,61-,62-,63-,64-,71-,72-,73-,74-/m0/s1. The van der Waals surface area contributed by atoms with Crippen LogP contribution in [0.25, 0.3) is 0 Å². The molecule has 0 spiro atoms. The molecule has 0 aliphatic carbocycles. The highest BCUT2D eigenvalue weighted by Crippen LogP contribution is 2.22. The Morgan fingerprint density at radius 1 is 0.407 bits per heavy atom. The van der Waals surface area contributed by atoms with Crippen molar-refractivity contribution in [2.24, 2.45) is 46.4 Å². The van der Waals surface area contributed by atoms with Gasteiger partial charge in [0, 0.05) is 37.7 Å². The zero-order valence-corrected chi connectivity index (χ0v) is 84.5. The summed E-state index contributed by atoms with van der Waals surface area (Å²) in [6, 6.07) is -16.9. The lowest BCUT2D eigenvalue weighted by atomic mass is 9.99. The number of rotatable bonds is 65. The van der Waals surface area contributed by atoms with Gasteiger partial charge in [-0.25, -0.2) is 9.78 Å². The third-order valence-corrected chi connectivity index (χ3v) is 23.0. The number of aromatic amines is 1. The number of primary amides is 3. The molecule has 2 aromatic carbocycles. The Hall–Kier alpha value is -15.5. The number of carbonyl (C=O) groups is 24. The van der Waals surface area contributed by atoms with Gasteiger partial charge in [0.15, 0.2) is 0 Å². The fraction of sp³-hybridized carbons (Fsp3) is 0.576. The number of nitrogens with one attached hydrogen (secondary N) is 20. The largest absolute Gasteiger partial charge is 0.508 e.